The number of benzene rings is 20. The molecular formula is C134H84N12S2. The minimum atomic E-state index is -0.148. The molecule has 0 amide bonds. The minimum Gasteiger partial charge on any atom is -0.309 e. The highest BCUT2D eigenvalue weighted by molar-refractivity contribution is 7.26. The summed E-state index contributed by atoms with van der Waals surface area (Å²) in [6.45, 7) is 9.35. The van der Waals surface area contributed by atoms with Crippen LogP contribution in [0.5, 0.6) is 0 Å². The summed E-state index contributed by atoms with van der Waals surface area (Å²) in [6.07, 6.45) is 0. The Balaban J connectivity index is 0.000000140. The van der Waals surface area contributed by atoms with Crippen molar-refractivity contribution in [2.45, 2.75) is 38.5 Å². The molecule has 30 rings (SSSR count). The molecule has 0 aliphatic heterocycles. The molecule has 0 atom stereocenters. The van der Waals surface area contributed by atoms with E-state index in [9.17, 15) is 10.5 Å². The molecule has 0 saturated heterocycles. The van der Waals surface area contributed by atoms with E-state index in [1.165, 1.54) is 79.5 Å². The Morgan fingerprint density at radius 1 is 0.209 bits per heavy atom. The van der Waals surface area contributed by atoms with Crippen molar-refractivity contribution in [1.29, 1.82) is 10.5 Å². The smallest absolute Gasteiger partial charge is 0.164 e. The van der Waals surface area contributed by atoms with Gasteiger partial charge in [-0.25, -0.2) is 29.9 Å². The molecule has 20 aromatic carbocycles. The lowest BCUT2D eigenvalue weighted by Gasteiger charge is -2.22. The predicted octanol–water partition coefficient (Wildman–Crippen LogP) is 34.6. The second-order valence-corrected chi connectivity index (χ2v) is 41.9. The maximum atomic E-state index is 11.3. The van der Waals surface area contributed by atoms with Gasteiger partial charge in [-0.1, -0.05) is 313 Å². The van der Waals surface area contributed by atoms with E-state index in [2.05, 4.69) is 465 Å². The summed E-state index contributed by atoms with van der Waals surface area (Å²) in [5.74, 6) is 3.21. The van der Waals surface area contributed by atoms with E-state index in [1.807, 2.05) is 30.3 Å². The molecule has 0 bridgehead atoms. The highest BCUT2D eigenvalue weighted by Crippen LogP contribution is 2.55. The second-order valence-electron chi connectivity index (χ2n) is 39.7. The number of fused-ring (bicyclic) bond motifs is 26. The third-order valence-electron chi connectivity index (χ3n) is 30.8. The maximum absolute atomic E-state index is 11.3. The van der Waals surface area contributed by atoms with Crippen LogP contribution < -0.4 is 0 Å². The molecule has 0 N–H and O–H groups in total. The van der Waals surface area contributed by atoms with E-state index in [4.69, 9.17) is 29.9 Å². The number of hydrogen-bond acceptors (Lipinski definition) is 10. The van der Waals surface area contributed by atoms with Crippen molar-refractivity contribution >= 4 is 150 Å². The first-order valence-electron chi connectivity index (χ1n) is 50.0. The van der Waals surface area contributed by atoms with Gasteiger partial charge in [-0.15, -0.1) is 22.7 Å². The summed E-state index contributed by atoms with van der Waals surface area (Å²) in [4.78, 5) is 31.4. The third-order valence-corrected chi connectivity index (χ3v) is 33.1. The Bertz CT molecular complexity index is 10600. The summed E-state index contributed by atoms with van der Waals surface area (Å²) in [7, 11) is 0. The highest BCUT2D eigenvalue weighted by Gasteiger charge is 2.39. The van der Waals surface area contributed by atoms with E-state index in [0.29, 0.717) is 46.1 Å². The van der Waals surface area contributed by atoms with Gasteiger partial charge in [0.1, 0.15) is 12.1 Å². The zero-order chi connectivity index (χ0) is 98.5. The second kappa shape index (κ2) is 33.3. The molecule has 0 spiro atoms. The Morgan fingerprint density at radius 3 is 1.01 bits per heavy atom. The van der Waals surface area contributed by atoms with Crippen LogP contribution >= 0.6 is 22.7 Å². The van der Waals surface area contributed by atoms with Gasteiger partial charge in [-0.05, 0) is 218 Å². The molecule has 12 nitrogen and oxygen atoms in total. The van der Waals surface area contributed by atoms with Crippen LogP contribution in [0.1, 0.15) is 61.1 Å². The SMILES string of the molecule is CC1(C)c2ccccc2-c2ccc(-n3c4ccccc4c4c3ccc3c5ccccc5n(-c5ccc(-c6nc(-c7ccc8sc9ccccc9c8c7)nc(-c7ccccc7-c7ccccc7)n6)cc5C#N)c34)cc21.CC1(C)c2ccccc2-c2ccc(-n3c4ccccc4c4c3ccc3c5ccccc5n(-c5ccc(-c6nc(-c7cccc(-c8ccccc8)c7)nc(-c7ccc8sc9ccccc9c8c7)n6)cc5C#N)c34)cc21. The molecule has 148 heavy (non-hydrogen) atoms. The van der Waals surface area contributed by atoms with Crippen LogP contribution in [0.4, 0.5) is 0 Å². The largest absolute Gasteiger partial charge is 0.309 e. The van der Waals surface area contributed by atoms with Gasteiger partial charge in [-0.2, -0.15) is 10.5 Å². The molecule has 2 aliphatic rings. The Hall–Kier alpha value is -19.0. The summed E-state index contributed by atoms with van der Waals surface area (Å²) in [6, 6.07) is 160. The van der Waals surface area contributed by atoms with Gasteiger partial charge in [0.25, 0.3) is 0 Å². The maximum Gasteiger partial charge on any atom is 0.164 e. The molecule has 0 fully saturated rings. The Kier molecular flexibility index (Phi) is 19.3. The van der Waals surface area contributed by atoms with Gasteiger partial charge in [0.2, 0.25) is 0 Å². The fraction of sp³-hybridized carbons (Fsp3) is 0.0448. The number of rotatable bonds is 12. The van der Waals surface area contributed by atoms with E-state index in [-0.39, 0.29) is 10.8 Å². The van der Waals surface area contributed by atoms with Crippen LogP contribution in [0.2, 0.25) is 0 Å². The fourth-order valence-corrected chi connectivity index (χ4v) is 26.1. The predicted molar refractivity (Wildman–Crippen MR) is 611 cm³/mol. The van der Waals surface area contributed by atoms with Crippen molar-refractivity contribution in [3.63, 3.8) is 0 Å². The lowest BCUT2D eigenvalue weighted by molar-refractivity contribution is 0.660. The Labute approximate surface area is 858 Å². The van der Waals surface area contributed by atoms with Gasteiger partial charge < -0.3 is 18.3 Å². The summed E-state index contributed by atoms with van der Waals surface area (Å²) in [5, 5.41) is 36.4. The summed E-state index contributed by atoms with van der Waals surface area (Å²) < 4.78 is 14.3. The number of thiophene rings is 2. The molecular weight excluding hydrogens is 1840 g/mol. The highest BCUT2D eigenvalue weighted by atomic mass is 32.1. The number of hydrogen-bond donors (Lipinski definition) is 0. The quantitative estimate of drug-likeness (QED) is 0.118. The number of nitriles is 2. The van der Waals surface area contributed by atoms with Crippen LogP contribution in [-0.4, -0.2) is 48.2 Å². The summed E-state index contributed by atoms with van der Waals surface area (Å²) >= 11 is 3.57. The van der Waals surface area contributed by atoms with Crippen molar-refractivity contribution in [2.75, 3.05) is 0 Å². The first-order valence-corrected chi connectivity index (χ1v) is 51.6. The van der Waals surface area contributed by atoms with Crippen LogP contribution in [0.3, 0.4) is 0 Å². The van der Waals surface area contributed by atoms with Crippen LogP contribution in [0.25, 0.3) is 263 Å². The average Bonchev–Trinajstić information content (AvgIpc) is 1.54. The summed E-state index contributed by atoms with van der Waals surface area (Å²) in [5.41, 5.74) is 32.9. The van der Waals surface area contributed by atoms with Crippen molar-refractivity contribution in [1.82, 2.24) is 48.2 Å². The van der Waals surface area contributed by atoms with Gasteiger partial charge in [-0.3, -0.25) is 0 Å². The van der Waals surface area contributed by atoms with Crippen molar-refractivity contribution in [3.05, 3.63) is 470 Å². The lowest BCUT2D eigenvalue weighted by Crippen LogP contribution is -2.15. The first kappa shape index (κ1) is 85.8. The molecule has 8 aromatic heterocycles. The van der Waals surface area contributed by atoms with E-state index < -0.39 is 0 Å². The van der Waals surface area contributed by atoms with Gasteiger partial charge >= 0.3 is 0 Å². The molecule has 0 unspecified atom stereocenters. The van der Waals surface area contributed by atoms with E-state index in [0.717, 1.165) is 171 Å². The van der Waals surface area contributed by atoms with Crippen LogP contribution in [0.15, 0.2) is 437 Å². The van der Waals surface area contributed by atoms with E-state index in [1.54, 1.807) is 22.7 Å². The number of aromatic nitrogens is 10. The zero-order valence-corrected chi connectivity index (χ0v) is 82.4. The van der Waals surface area contributed by atoms with Crippen LogP contribution in [-0.2, 0) is 10.8 Å². The number of para-hydroxylation sites is 4. The van der Waals surface area contributed by atoms with Crippen molar-refractivity contribution in [3.8, 4) is 148 Å². The molecule has 0 radical (unpaired) electrons. The van der Waals surface area contributed by atoms with Gasteiger partial charge in [0.15, 0.2) is 34.9 Å². The van der Waals surface area contributed by atoms with Crippen molar-refractivity contribution < 1.29 is 0 Å². The molecule has 8 heterocycles. The molecule has 2 aliphatic carbocycles. The zero-order valence-electron chi connectivity index (χ0n) is 80.8. The minimum absolute atomic E-state index is 0.147. The average molecular weight is 1930 g/mol. The van der Waals surface area contributed by atoms with E-state index >= 15 is 0 Å². The molecule has 14 heteroatoms. The number of nitrogens with zero attached hydrogens (tertiary/aromatic N) is 12. The first-order chi connectivity index (χ1) is 72.8. The lowest BCUT2D eigenvalue weighted by atomic mass is 9.82. The molecule has 0 saturated carbocycles. The fourth-order valence-electron chi connectivity index (χ4n) is 23.9. The Morgan fingerprint density at radius 2 is 0.547 bits per heavy atom. The standard InChI is InChI=1S/2C67H42N6S/c1-67(2)54-23-10-6-19-47(54)48-30-29-46(38-55(48)67)72-58-25-12-8-22-52(58)62-59(72)33-31-51-49-20-7-11-24-57(49)73(63(51)62)56-32-27-43(36-45(56)39-68)65-69-64(42-18-14-17-41(35-42)40-15-4-3-5-16-40)70-66(71-65)44-28-34-61-53(37-44)50-21-9-13-26-60(50)74-61;1-67(2)54-24-12-8-19-46(54)47-31-30-44(38-55(47)67)72-58-26-14-10-23-52(58)62-59(72)34-32-50-48-20-9-13-25-57(48)73(63(50)62)56-33-28-41(36-43(56)39-68)64-69-65(42-29-35-61-53(37-42)49-21-11-15-27-60(49)74-61)71-66(70-64)51-22-7-6-18-45(51)40-16-4-3-5-17-40/h2*3-38H,1-2H3. The normalized spacial score (nSPS) is 12.8. The third kappa shape index (κ3) is 13.3. The monoisotopic (exact) mass is 1920 g/mol. The van der Waals surface area contributed by atoms with Gasteiger partial charge in [0.05, 0.1) is 66.6 Å². The van der Waals surface area contributed by atoms with Gasteiger partial charge in [0, 0.05) is 139 Å². The van der Waals surface area contributed by atoms with Crippen LogP contribution in [0, 0.1) is 22.7 Å². The van der Waals surface area contributed by atoms with Crippen molar-refractivity contribution in [2.24, 2.45) is 0 Å². The molecule has 692 valence electrons. The topological polar surface area (TPSA) is 145 Å². The molecule has 28 aromatic rings.